The van der Waals surface area contributed by atoms with Crippen molar-refractivity contribution in [2.45, 2.75) is 39.8 Å². The molecule has 4 nitrogen and oxygen atoms in total. The molecule has 0 saturated carbocycles. The van der Waals surface area contributed by atoms with Crippen LogP contribution in [0.2, 0.25) is 0 Å². The van der Waals surface area contributed by atoms with Gasteiger partial charge in [0, 0.05) is 6.04 Å². The molecule has 0 aromatic heterocycles. The van der Waals surface area contributed by atoms with Gasteiger partial charge in [0.05, 0.1) is 18.6 Å². The SMILES string of the molecule is COC(=O)C(C)(C)[C@@H](N)c1ccc(OC(C)C)cc1. The molecular formula is C15H23NO3. The maximum atomic E-state index is 11.7. The van der Waals surface area contributed by atoms with E-state index in [0.717, 1.165) is 11.3 Å². The van der Waals surface area contributed by atoms with E-state index in [0.29, 0.717) is 0 Å². The molecule has 0 aliphatic heterocycles. The lowest BCUT2D eigenvalue weighted by Crippen LogP contribution is -2.37. The number of nitrogens with two attached hydrogens (primary N) is 1. The summed E-state index contributed by atoms with van der Waals surface area (Å²) in [6.45, 7) is 7.50. The van der Waals surface area contributed by atoms with Crippen LogP contribution in [-0.4, -0.2) is 19.2 Å². The largest absolute Gasteiger partial charge is 0.491 e. The summed E-state index contributed by atoms with van der Waals surface area (Å²) >= 11 is 0. The van der Waals surface area contributed by atoms with E-state index in [-0.39, 0.29) is 12.1 Å². The summed E-state index contributed by atoms with van der Waals surface area (Å²) in [4.78, 5) is 11.7. The zero-order chi connectivity index (χ0) is 14.6. The molecule has 0 unspecified atom stereocenters. The van der Waals surface area contributed by atoms with E-state index in [4.69, 9.17) is 15.2 Å². The maximum Gasteiger partial charge on any atom is 0.313 e. The van der Waals surface area contributed by atoms with Gasteiger partial charge < -0.3 is 15.2 Å². The number of carbonyl (C=O) groups is 1. The van der Waals surface area contributed by atoms with Gasteiger partial charge >= 0.3 is 5.97 Å². The van der Waals surface area contributed by atoms with Gasteiger partial charge in [-0.25, -0.2) is 0 Å². The summed E-state index contributed by atoms with van der Waals surface area (Å²) in [6.07, 6.45) is 0.131. The van der Waals surface area contributed by atoms with Crippen molar-refractivity contribution in [2.75, 3.05) is 7.11 Å². The lowest BCUT2D eigenvalue weighted by atomic mass is 9.81. The molecule has 1 aromatic carbocycles. The highest BCUT2D eigenvalue weighted by atomic mass is 16.5. The van der Waals surface area contributed by atoms with Crippen molar-refractivity contribution in [1.82, 2.24) is 0 Å². The molecule has 0 bridgehead atoms. The van der Waals surface area contributed by atoms with Crippen molar-refractivity contribution >= 4 is 5.97 Å². The average Bonchev–Trinajstić information content (AvgIpc) is 2.37. The fourth-order valence-corrected chi connectivity index (χ4v) is 1.83. The predicted octanol–water partition coefficient (Wildman–Crippen LogP) is 2.67. The first-order chi connectivity index (χ1) is 8.78. The van der Waals surface area contributed by atoms with Crippen LogP contribution in [0, 0.1) is 5.41 Å². The Kier molecular flexibility index (Phi) is 4.95. The Labute approximate surface area is 114 Å². The molecule has 2 N–H and O–H groups in total. The molecule has 1 rings (SSSR count). The summed E-state index contributed by atoms with van der Waals surface area (Å²) in [5.41, 5.74) is 6.27. The van der Waals surface area contributed by atoms with Crippen molar-refractivity contribution in [3.05, 3.63) is 29.8 Å². The molecule has 0 spiro atoms. The third kappa shape index (κ3) is 3.70. The Bertz CT molecular complexity index is 424. The summed E-state index contributed by atoms with van der Waals surface area (Å²) in [6, 6.07) is 7.07. The average molecular weight is 265 g/mol. The molecule has 4 heteroatoms. The minimum atomic E-state index is -0.769. The van der Waals surface area contributed by atoms with Gasteiger partial charge in [-0.15, -0.1) is 0 Å². The van der Waals surface area contributed by atoms with Gasteiger partial charge in [-0.05, 0) is 45.4 Å². The molecule has 0 amide bonds. The van der Waals surface area contributed by atoms with Crippen LogP contribution < -0.4 is 10.5 Å². The smallest absolute Gasteiger partial charge is 0.313 e. The number of esters is 1. The molecular weight excluding hydrogens is 242 g/mol. The van der Waals surface area contributed by atoms with Crippen molar-refractivity contribution in [2.24, 2.45) is 11.1 Å². The molecule has 0 heterocycles. The van der Waals surface area contributed by atoms with E-state index >= 15 is 0 Å². The molecule has 0 fully saturated rings. The number of hydrogen-bond donors (Lipinski definition) is 1. The first-order valence-corrected chi connectivity index (χ1v) is 6.39. The van der Waals surface area contributed by atoms with Crippen molar-refractivity contribution in [3.63, 3.8) is 0 Å². The van der Waals surface area contributed by atoms with Crippen LogP contribution in [0.25, 0.3) is 0 Å². The highest BCUT2D eigenvalue weighted by Gasteiger charge is 2.36. The van der Waals surface area contributed by atoms with Crippen molar-refractivity contribution < 1.29 is 14.3 Å². The zero-order valence-corrected chi connectivity index (χ0v) is 12.3. The molecule has 1 atom stereocenters. The molecule has 106 valence electrons. The zero-order valence-electron chi connectivity index (χ0n) is 12.3. The second-order valence-corrected chi connectivity index (χ2v) is 5.43. The van der Waals surface area contributed by atoms with Crippen molar-refractivity contribution in [3.8, 4) is 5.75 Å². The number of methoxy groups -OCH3 is 1. The van der Waals surface area contributed by atoms with Crippen LogP contribution in [-0.2, 0) is 9.53 Å². The number of carbonyl (C=O) groups excluding carboxylic acids is 1. The standard InChI is InChI=1S/C15H23NO3/c1-10(2)19-12-8-6-11(7-9-12)13(16)15(3,4)14(17)18-5/h6-10,13H,16H2,1-5H3/t13-/m0/s1. The summed E-state index contributed by atoms with van der Waals surface area (Å²) in [5.74, 6) is 0.476. The van der Waals surface area contributed by atoms with Crippen molar-refractivity contribution in [1.29, 1.82) is 0 Å². The van der Waals surface area contributed by atoms with E-state index in [1.54, 1.807) is 13.8 Å². The molecule has 19 heavy (non-hydrogen) atoms. The summed E-state index contributed by atoms with van der Waals surface area (Å²) in [7, 11) is 1.37. The Hall–Kier alpha value is -1.55. The maximum absolute atomic E-state index is 11.7. The highest BCUT2D eigenvalue weighted by molar-refractivity contribution is 5.77. The molecule has 0 radical (unpaired) electrons. The third-order valence-electron chi connectivity index (χ3n) is 3.10. The van der Waals surface area contributed by atoms with E-state index < -0.39 is 11.5 Å². The molecule has 0 aliphatic rings. The van der Waals surface area contributed by atoms with E-state index in [1.165, 1.54) is 7.11 Å². The van der Waals surface area contributed by atoms with E-state index in [9.17, 15) is 4.79 Å². The first-order valence-electron chi connectivity index (χ1n) is 6.39. The lowest BCUT2D eigenvalue weighted by molar-refractivity contribution is -0.152. The first kappa shape index (κ1) is 15.5. The van der Waals surface area contributed by atoms with Gasteiger partial charge in [0.2, 0.25) is 0 Å². The lowest BCUT2D eigenvalue weighted by Gasteiger charge is -2.29. The van der Waals surface area contributed by atoms with Gasteiger partial charge in [-0.3, -0.25) is 4.79 Å². The predicted molar refractivity (Wildman–Crippen MR) is 74.9 cm³/mol. The normalized spacial score (nSPS) is 13.2. The van der Waals surface area contributed by atoms with Crippen LogP contribution in [0.1, 0.15) is 39.3 Å². The Morgan fingerprint density at radius 1 is 1.21 bits per heavy atom. The minimum Gasteiger partial charge on any atom is -0.491 e. The van der Waals surface area contributed by atoms with Gasteiger partial charge in [0.1, 0.15) is 5.75 Å². The monoisotopic (exact) mass is 265 g/mol. The summed E-state index contributed by atoms with van der Waals surface area (Å²) < 4.78 is 10.4. The number of rotatable bonds is 5. The van der Waals surface area contributed by atoms with Gasteiger partial charge in [-0.1, -0.05) is 12.1 Å². The Morgan fingerprint density at radius 2 is 1.74 bits per heavy atom. The van der Waals surface area contributed by atoms with Crippen LogP contribution in [0.5, 0.6) is 5.75 Å². The van der Waals surface area contributed by atoms with E-state index in [1.807, 2.05) is 38.1 Å². The number of benzene rings is 1. The van der Waals surface area contributed by atoms with E-state index in [2.05, 4.69) is 0 Å². The second kappa shape index (κ2) is 6.06. The number of hydrogen-bond acceptors (Lipinski definition) is 4. The Balaban J connectivity index is 2.88. The fourth-order valence-electron chi connectivity index (χ4n) is 1.83. The highest BCUT2D eigenvalue weighted by Crippen LogP contribution is 2.33. The van der Waals surface area contributed by atoms with Crippen LogP contribution in [0.15, 0.2) is 24.3 Å². The Morgan fingerprint density at radius 3 is 2.16 bits per heavy atom. The quantitative estimate of drug-likeness (QED) is 0.831. The third-order valence-corrected chi connectivity index (χ3v) is 3.10. The molecule has 0 saturated heterocycles. The molecule has 0 aliphatic carbocycles. The second-order valence-electron chi connectivity index (χ2n) is 5.43. The summed E-state index contributed by atoms with van der Waals surface area (Å²) in [5, 5.41) is 0. The van der Waals surface area contributed by atoms with Gasteiger partial charge in [0.25, 0.3) is 0 Å². The fraction of sp³-hybridized carbons (Fsp3) is 0.533. The topological polar surface area (TPSA) is 61.5 Å². The van der Waals surface area contributed by atoms with Crippen LogP contribution >= 0.6 is 0 Å². The number of ether oxygens (including phenoxy) is 2. The van der Waals surface area contributed by atoms with Crippen LogP contribution in [0.4, 0.5) is 0 Å². The minimum absolute atomic E-state index is 0.131. The van der Waals surface area contributed by atoms with Gasteiger partial charge in [-0.2, -0.15) is 0 Å². The molecule has 1 aromatic rings. The van der Waals surface area contributed by atoms with Crippen LogP contribution in [0.3, 0.4) is 0 Å². The van der Waals surface area contributed by atoms with Gasteiger partial charge in [0.15, 0.2) is 0 Å².